The van der Waals surface area contributed by atoms with Gasteiger partial charge in [-0.25, -0.2) is 4.39 Å². The summed E-state index contributed by atoms with van der Waals surface area (Å²) < 4.78 is 24.0. The van der Waals surface area contributed by atoms with Crippen LogP contribution in [0.15, 0.2) is 53.1 Å². The first-order valence-electron chi connectivity index (χ1n) is 10.3. The molecule has 7 nitrogen and oxygen atoms in total. The molecule has 0 saturated carbocycles. The van der Waals surface area contributed by atoms with Crippen LogP contribution in [0.5, 0.6) is 0 Å². The summed E-state index contributed by atoms with van der Waals surface area (Å²) in [6.07, 6.45) is 0.917. The number of carbonyl (C=O) groups excluding carboxylic acids is 1. The van der Waals surface area contributed by atoms with Crippen LogP contribution in [-0.4, -0.2) is 41.3 Å². The van der Waals surface area contributed by atoms with Crippen LogP contribution >= 0.6 is 0 Å². The van der Waals surface area contributed by atoms with Crippen molar-refractivity contribution in [3.8, 4) is 11.4 Å². The van der Waals surface area contributed by atoms with Gasteiger partial charge in [-0.2, -0.15) is 4.98 Å². The summed E-state index contributed by atoms with van der Waals surface area (Å²) in [6.45, 7) is 5.84. The van der Waals surface area contributed by atoms with Crippen LogP contribution in [0.3, 0.4) is 0 Å². The third-order valence-electron chi connectivity index (χ3n) is 5.07. The molecule has 8 heteroatoms. The zero-order valence-corrected chi connectivity index (χ0v) is 17.5. The van der Waals surface area contributed by atoms with Crippen molar-refractivity contribution >= 4 is 17.3 Å². The second-order valence-electron chi connectivity index (χ2n) is 7.78. The molecule has 31 heavy (non-hydrogen) atoms. The zero-order valence-electron chi connectivity index (χ0n) is 17.5. The van der Waals surface area contributed by atoms with E-state index in [1.807, 2.05) is 24.3 Å². The lowest BCUT2D eigenvalue weighted by molar-refractivity contribution is -0.116. The highest BCUT2D eigenvalue weighted by molar-refractivity contribution is 5.91. The lowest BCUT2D eigenvalue weighted by Crippen LogP contribution is -2.45. The molecule has 162 valence electrons. The minimum Gasteiger partial charge on any atom is -0.372 e. The van der Waals surface area contributed by atoms with Crippen LogP contribution in [0.4, 0.5) is 15.8 Å². The highest BCUT2D eigenvalue weighted by atomic mass is 19.1. The first-order chi connectivity index (χ1) is 15.0. The molecule has 2 unspecified atom stereocenters. The fraction of sp³-hybridized carbons (Fsp3) is 0.348. The Labute approximate surface area is 180 Å². The van der Waals surface area contributed by atoms with E-state index >= 15 is 0 Å². The number of ether oxygens (including phenoxy) is 1. The van der Waals surface area contributed by atoms with E-state index in [0.29, 0.717) is 23.7 Å². The molecule has 2 heterocycles. The van der Waals surface area contributed by atoms with Gasteiger partial charge in [-0.15, -0.1) is 0 Å². The lowest BCUT2D eigenvalue weighted by Gasteiger charge is -2.36. The first-order valence-corrected chi connectivity index (χ1v) is 10.3. The molecule has 0 radical (unpaired) electrons. The average molecular weight is 424 g/mol. The molecule has 1 amide bonds. The molecule has 1 saturated heterocycles. The van der Waals surface area contributed by atoms with Crippen molar-refractivity contribution in [1.29, 1.82) is 0 Å². The van der Waals surface area contributed by atoms with E-state index < -0.39 is 0 Å². The molecule has 1 fully saturated rings. The number of carbonyl (C=O) groups is 1. The van der Waals surface area contributed by atoms with E-state index in [9.17, 15) is 9.18 Å². The van der Waals surface area contributed by atoms with Gasteiger partial charge in [0.2, 0.25) is 17.6 Å². The van der Waals surface area contributed by atoms with Gasteiger partial charge in [-0.3, -0.25) is 4.79 Å². The number of aromatic nitrogens is 2. The maximum Gasteiger partial charge on any atom is 0.227 e. The Morgan fingerprint density at radius 1 is 1.10 bits per heavy atom. The van der Waals surface area contributed by atoms with E-state index in [1.54, 1.807) is 12.1 Å². The van der Waals surface area contributed by atoms with Crippen LogP contribution in [0.25, 0.3) is 11.4 Å². The largest absolute Gasteiger partial charge is 0.372 e. The zero-order chi connectivity index (χ0) is 21.8. The van der Waals surface area contributed by atoms with Gasteiger partial charge in [0.25, 0.3) is 0 Å². The van der Waals surface area contributed by atoms with Crippen molar-refractivity contribution < 1.29 is 18.4 Å². The number of hydrogen-bond donors (Lipinski definition) is 1. The Bertz CT molecular complexity index is 1010. The second-order valence-corrected chi connectivity index (χ2v) is 7.78. The van der Waals surface area contributed by atoms with E-state index in [-0.39, 0.29) is 30.4 Å². The van der Waals surface area contributed by atoms with Gasteiger partial charge < -0.3 is 19.5 Å². The number of aryl methyl sites for hydroxylation is 1. The minimum absolute atomic E-state index is 0.136. The van der Waals surface area contributed by atoms with Gasteiger partial charge in [0.1, 0.15) is 5.82 Å². The van der Waals surface area contributed by atoms with E-state index in [0.717, 1.165) is 24.5 Å². The molecule has 4 rings (SSSR count). The Kier molecular flexibility index (Phi) is 6.27. The van der Waals surface area contributed by atoms with Crippen LogP contribution in [0.1, 0.15) is 26.2 Å². The van der Waals surface area contributed by atoms with Crippen LogP contribution in [-0.2, 0) is 16.0 Å². The summed E-state index contributed by atoms with van der Waals surface area (Å²) in [5.41, 5.74) is 2.50. The van der Waals surface area contributed by atoms with Crippen molar-refractivity contribution in [2.45, 2.75) is 38.9 Å². The van der Waals surface area contributed by atoms with E-state index in [1.165, 1.54) is 12.1 Å². The summed E-state index contributed by atoms with van der Waals surface area (Å²) >= 11 is 0. The molecule has 0 bridgehead atoms. The number of nitrogens with one attached hydrogen (secondary N) is 1. The molecule has 3 aromatic rings. The molecule has 2 atom stereocenters. The number of morpholine rings is 1. The quantitative estimate of drug-likeness (QED) is 0.643. The van der Waals surface area contributed by atoms with Crippen LogP contribution in [0.2, 0.25) is 0 Å². The van der Waals surface area contributed by atoms with Gasteiger partial charge in [0.05, 0.1) is 12.2 Å². The number of rotatable bonds is 6. The second kappa shape index (κ2) is 9.26. The number of halogens is 1. The third-order valence-corrected chi connectivity index (χ3v) is 5.07. The van der Waals surface area contributed by atoms with Crippen molar-refractivity contribution in [3.63, 3.8) is 0 Å². The summed E-state index contributed by atoms with van der Waals surface area (Å²) in [7, 11) is 0. The fourth-order valence-electron chi connectivity index (χ4n) is 3.66. The Morgan fingerprint density at radius 2 is 1.77 bits per heavy atom. The minimum atomic E-state index is -0.328. The van der Waals surface area contributed by atoms with E-state index in [2.05, 4.69) is 34.2 Å². The summed E-state index contributed by atoms with van der Waals surface area (Å²) in [6, 6.07) is 13.7. The maximum atomic E-state index is 13.0. The highest BCUT2D eigenvalue weighted by Crippen LogP contribution is 2.22. The highest BCUT2D eigenvalue weighted by Gasteiger charge is 2.22. The first kappa shape index (κ1) is 21.0. The number of anilines is 2. The summed E-state index contributed by atoms with van der Waals surface area (Å²) in [4.78, 5) is 18.9. The maximum absolute atomic E-state index is 13.0. The van der Waals surface area contributed by atoms with E-state index in [4.69, 9.17) is 9.26 Å². The number of nitrogens with zero attached hydrogens (tertiary/aromatic N) is 3. The average Bonchev–Trinajstić information content (AvgIpc) is 3.22. The van der Waals surface area contributed by atoms with Crippen LogP contribution in [0, 0.1) is 5.82 Å². The van der Waals surface area contributed by atoms with Gasteiger partial charge in [0, 0.05) is 42.9 Å². The predicted molar refractivity (Wildman–Crippen MR) is 115 cm³/mol. The summed E-state index contributed by atoms with van der Waals surface area (Å²) in [5.74, 6) is 0.271. The number of benzene rings is 2. The van der Waals surface area contributed by atoms with Gasteiger partial charge in [0.15, 0.2) is 0 Å². The lowest BCUT2D eigenvalue weighted by atomic mass is 10.2. The predicted octanol–water partition coefficient (Wildman–Crippen LogP) is 4.06. The number of amides is 1. The molecule has 2 aromatic carbocycles. The van der Waals surface area contributed by atoms with Gasteiger partial charge in [-0.1, -0.05) is 5.16 Å². The molecule has 0 spiro atoms. The Morgan fingerprint density at radius 3 is 2.45 bits per heavy atom. The topological polar surface area (TPSA) is 80.5 Å². The SMILES string of the molecule is CC1CN(c2ccc(NC(=O)CCc3nc(-c4ccc(F)cc4)no3)cc2)CC(C)O1. The monoisotopic (exact) mass is 424 g/mol. The molecular weight excluding hydrogens is 399 g/mol. The van der Waals surface area contributed by atoms with Crippen molar-refractivity contribution in [1.82, 2.24) is 10.1 Å². The summed E-state index contributed by atoms with van der Waals surface area (Å²) in [5, 5.41) is 6.78. The van der Waals surface area contributed by atoms with Crippen LogP contribution < -0.4 is 10.2 Å². The molecule has 1 aliphatic heterocycles. The van der Waals surface area contributed by atoms with Crippen molar-refractivity contribution in [2.24, 2.45) is 0 Å². The Balaban J connectivity index is 1.29. The van der Waals surface area contributed by atoms with Gasteiger partial charge >= 0.3 is 0 Å². The smallest absolute Gasteiger partial charge is 0.227 e. The standard InChI is InChI=1S/C23H25FN4O3/c1-15-13-28(14-16(2)30-15)20-9-7-19(8-10-20)25-21(29)11-12-22-26-23(27-31-22)17-3-5-18(24)6-4-17/h3-10,15-16H,11-14H2,1-2H3,(H,25,29). The van der Waals surface area contributed by atoms with Gasteiger partial charge in [-0.05, 0) is 62.4 Å². The molecule has 1 aliphatic rings. The normalized spacial score (nSPS) is 18.7. The molecular formula is C23H25FN4O3. The number of hydrogen-bond acceptors (Lipinski definition) is 6. The Hall–Kier alpha value is -3.26. The molecule has 1 N–H and O–H groups in total. The van der Waals surface area contributed by atoms with Crippen molar-refractivity contribution in [2.75, 3.05) is 23.3 Å². The molecule has 0 aliphatic carbocycles. The van der Waals surface area contributed by atoms with Crippen molar-refractivity contribution in [3.05, 3.63) is 60.2 Å². The molecule has 1 aromatic heterocycles. The fourth-order valence-corrected chi connectivity index (χ4v) is 3.66. The third kappa shape index (κ3) is 5.46.